The molecule has 2 atom stereocenters. The molecule has 1 aromatic carbocycles. The van der Waals surface area contributed by atoms with E-state index in [-0.39, 0.29) is 18.4 Å². The smallest absolute Gasteiger partial charge is 0.226 e. The molecule has 6 heteroatoms. The van der Waals surface area contributed by atoms with E-state index in [0.717, 1.165) is 6.42 Å². The number of nitriles is 1. The number of rotatable bonds is 9. The topological polar surface area (TPSA) is 94.4 Å². The van der Waals surface area contributed by atoms with E-state index in [1.54, 1.807) is 32.0 Å². The number of carbonyl (C=O) groups excluding carboxylic acids is 1. The van der Waals surface area contributed by atoms with E-state index < -0.39 is 6.10 Å². The first-order valence-corrected chi connectivity index (χ1v) is 8.26. The lowest BCUT2D eigenvalue weighted by atomic mass is 10.1. The Balaban J connectivity index is 2.62. The van der Waals surface area contributed by atoms with Crippen LogP contribution in [0.4, 0.5) is 5.69 Å². The van der Waals surface area contributed by atoms with Gasteiger partial charge in [-0.3, -0.25) is 4.79 Å². The summed E-state index contributed by atoms with van der Waals surface area (Å²) < 4.78 is 5.54. The van der Waals surface area contributed by atoms with Crippen LogP contribution in [0.15, 0.2) is 18.2 Å². The third kappa shape index (κ3) is 6.57. The molecule has 6 nitrogen and oxygen atoms in total. The van der Waals surface area contributed by atoms with Gasteiger partial charge < -0.3 is 20.5 Å². The van der Waals surface area contributed by atoms with Crippen molar-refractivity contribution in [3.63, 3.8) is 0 Å². The lowest BCUT2D eigenvalue weighted by molar-refractivity contribution is -0.118. The van der Waals surface area contributed by atoms with E-state index >= 15 is 0 Å². The molecule has 0 saturated carbocycles. The third-order valence-corrected chi connectivity index (χ3v) is 3.64. The number of nitrogens with zero attached hydrogens (tertiary/aromatic N) is 1. The van der Waals surface area contributed by atoms with Crippen LogP contribution >= 0.6 is 0 Å². The highest BCUT2D eigenvalue weighted by molar-refractivity contribution is 5.92. The lowest BCUT2D eigenvalue weighted by Gasteiger charge is -2.17. The van der Waals surface area contributed by atoms with Crippen LogP contribution in [0.25, 0.3) is 0 Å². The van der Waals surface area contributed by atoms with Gasteiger partial charge in [0, 0.05) is 24.2 Å². The maximum Gasteiger partial charge on any atom is 0.226 e. The van der Waals surface area contributed by atoms with Crippen LogP contribution in [0.5, 0.6) is 5.75 Å². The van der Waals surface area contributed by atoms with Crippen molar-refractivity contribution >= 4 is 11.6 Å². The number of nitrogens with one attached hydrogen (secondary N) is 2. The van der Waals surface area contributed by atoms with Gasteiger partial charge in [-0.25, -0.2) is 0 Å². The summed E-state index contributed by atoms with van der Waals surface area (Å²) in [6.07, 6.45) is 0.321. The van der Waals surface area contributed by atoms with Crippen LogP contribution in [-0.4, -0.2) is 36.3 Å². The van der Waals surface area contributed by atoms with Crippen molar-refractivity contribution in [2.75, 3.05) is 18.5 Å². The summed E-state index contributed by atoms with van der Waals surface area (Å²) in [6.45, 7) is 8.24. The van der Waals surface area contributed by atoms with Gasteiger partial charge >= 0.3 is 0 Å². The highest BCUT2D eigenvalue weighted by Gasteiger charge is 2.12. The number of anilines is 1. The van der Waals surface area contributed by atoms with Crippen molar-refractivity contribution in [2.45, 2.75) is 46.3 Å². The number of aliphatic hydroxyl groups excluding tert-OH is 1. The van der Waals surface area contributed by atoms with Gasteiger partial charge in [-0.2, -0.15) is 5.26 Å². The van der Waals surface area contributed by atoms with Crippen molar-refractivity contribution in [1.29, 1.82) is 5.26 Å². The van der Waals surface area contributed by atoms with Crippen molar-refractivity contribution in [3.8, 4) is 11.8 Å². The van der Waals surface area contributed by atoms with Crippen LogP contribution in [0.1, 0.15) is 39.7 Å². The summed E-state index contributed by atoms with van der Waals surface area (Å²) in [5.41, 5.74) is 0.871. The number of hydrogen-bond acceptors (Lipinski definition) is 5. The minimum atomic E-state index is -0.661. The second kappa shape index (κ2) is 9.91. The molecule has 2 unspecified atom stereocenters. The largest absolute Gasteiger partial charge is 0.489 e. The zero-order valence-corrected chi connectivity index (χ0v) is 14.8. The van der Waals surface area contributed by atoms with Gasteiger partial charge in [0.05, 0.1) is 5.56 Å². The molecule has 0 bridgehead atoms. The predicted octanol–water partition coefficient (Wildman–Crippen LogP) is 2.28. The van der Waals surface area contributed by atoms with Gasteiger partial charge in [0.2, 0.25) is 5.91 Å². The molecule has 0 aromatic heterocycles. The van der Waals surface area contributed by atoms with Gasteiger partial charge in [-0.05, 0) is 31.5 Å². The summed E-state index contributed by atoms with van der Waals surface area (Å²) in [5.74, 6) is 0.140. The Morgan fingerprint density at radius 1 is 1.38 bits per heavy atom. The third-order valence-electron chi connectivity index (χ3n) is 3.64. The quantitative estimate of drug-likeness (QED) is 0.644. The van der Waals surface area contributed by atoms with Gasteiger partial charge in [0.1, 0.15) is 24.5 Å². The molecule has 0 aliphatic carbocycles. The molecule has 1 aromatic rings. The molecule has 0 radical (unpaired) electrons. The lowest BCUT2D eigenvalue weighted by Crippen LogP contribution is -2.36. The van der Waals surface area contributed by atoms with Crippen molar-refractivity contribution in [1.82, 2.24) is 5.32 Å². The average molecular weight is 333 g/mol. The summed E-state index contributed by atoms with van der Waals surface area (Å²) in [5, 5.41) is 25.1. The van der Waals surface area contributed by atoms with E-state index in [1.165, 1.54) is 0 Å². The first kappa shape index (κ1) is 19.9. The van der Waals surface area contributed by atoms with Crippen molar-refractivity contribution in [2.24, 2.45) is 5.92 Å². The monoisotopic (exact) mass is 333 g/mol. The fourth-order valence-corrected chi connectivity index (χ4v) is 1.83. The Bertz CT molecular complexity index is 581. The van der Waals surface area contributed by atoms with E-state index in [9.17, 15) is 15.2 Å². The molecule has 0 spiro atoms. The Hall–Kier alpha value is -2.10. The highest BCUT2D eigenvalue weighted by Crippen LogP contribution is 2.22. The first-order valence-electron chi connectivity index (χ1n) is 8.26. The minimum absolute atomic E-state index is 0.0931. The molecular formula is C18H27N3O3. The van der Waals surface area contributed by atoms with Gasteiger partial charge in [-0.1, -0.05) is 20.8 Å². The minimum Gasteiger partial charge on any atom is -0.489 e. The van der Waals surface area contributed by atoms with E-state index in [0.29, 0.717) is 29.6 Å². The van der Waals surface area contributed by atoms with Crippen LogP contribution in [0, 0.1) is 17.2 Å². The van der Waals surface area contributed by atoms with E-state index in [1.807, 2.05) is 13.0 Å². The molecule has 1 rings (SSSR count). The Kier molecular flexibility index (Phi) is 8.24. The second-order valence-electron chi connectivity index (χ2n) is 6.15. The van der Waals surface area contributed by atoms with Gasteiger partial charge in [0.25, 0.3) is 0 Å². The van der Waals surface area contributed by atoms with Crippen molar-refractivity contribution in [3.05, 3.63) is 23.8 Å². The number of ether oxygens (including phenoxy) is 1. The van der Waals surface area contributed by atoms with Crippen molar-refractivity contribution < 1.29 is 14.6 Å². The fourth-order valence-electron chi connectivity index (χ4n) is 1.83. The van der Waals surface area contributed by atoms with E-state index in [2.05, 4.69) is 17.6 Å². The summed E-state index contributed by atoms with van der Waals surface area (Å²) >= 11 is 0. The Morgan fingerprint density at radius 3 is 2.67 bits per heavy atom. The molecule has 24 heavy (non-hydrogen) atoms. The summed E-state index contributed by atoms with van der Waals surface area (Å²) in [6, 6.07) is 7.26. The summed E-state index contributed by atoms with van der Waals surface area (Å²) in [4.78, 5) is 11.7. The Morgan fingerprint density at radius 2 is 2.08 bits per heavy atom. The predicted molar refractivity (Wildman–Crippen MR) is 93.9 cm³/mol. The molecule has 3 N–H and O–H groups in total. The van der Waals surface area contributed by atoms with Gasteiger partial charge in [0.15, 0.2) is 0 Å². The maximum atomic E-state index is 11.7. The van der Waals surface area contributed by atoms with Crippen LogP contribution in [0.3, 0.4) is 0 Å². The fraction of sp³-hybridized carbons (Fsp3) is 0.556. The molecule has 132 valence electrons. The maximum absolute atomic E-state index is 11.7. The zero-order chi connectivity index (χ0) is 18.1. The molecule has 1 amide bonds. The number of hydrogen-bond donors (Lipinski definition) is 3. The SMILES string of the molecule is CCC(C)NCC(O)COc1ccc(NC(=O)C(C)C)cc1C#N. The van der Waals surface area contributed by atoms with Crippen LogP contribution in [0.2, 0.25) is 0 Å². The zero-order valence-electron chi connectivity index (χ0n) is 14.8. The molecule has 0 fully saturated rings. The summed E-state index contributed by atoms with van der Waals surface area (Å²) in [7, 11) is 0. The molecule has 0 aliphatic rings. The second-order valence-corrected chi connectivity index (χ2v) is 6.15. The Labute approximate surface area is 143 Å². The average Bonchev–Trinajstić information content (AvgIpc) is 2.57. The number of benzene rings is 1. The molecule has 0 aliphatic heterocycles. The molecule has 0 heterocycles. The highest BCUT2D eigenvalue weighted by atomic mass is 16.5. The van der Waals surface area contributed by atoms with Crippen LogP contribution < -0.4 is 15.4 Å². The number of aliphatic hydroxyl groups is 1. The first-order chi connectivity index (χ1) is 11.4. The van der Waals surface area contributed by atoms with Gasteiger partial charge in [-0.15, -0.1) is 0 Å². The molecular weight excluding hydrogens is 306 g/mol. The number of amides is 1. The van der Waals surface area contributed by atoms with Crippen LogP contribution in [-0.2, 0) is 4.79 Å². The van der Waals surface area contributed by atoms with E-state index in [4.69, 9.17) is 4.74 Å². The standard InChI is InChI=1S/C18H27N3O3/c1-5-13(4)20-10-16(22)11-24-17-7-6-15(8-14(17)9-19)21-18(23)12(2)3/h6-8,12-13,16,20,22H,5,10-11H2,1-4H3,(H,21,23). The number of carbonyl (C=O) groups is 1. The molecule has 0 saturated heterocycles. The normalized spacial score (nSPS) is 13.2.